The second-order valence-electron chi connectivity index (χ2n) is 4.62. The van der Waals surface area contributed by atoms with Crippen LogP contribution in [0.4, 0.5) is 18.0 Å². The van der Waals surface area contributed by atoms with E-state index >= 15 is 0 Å². The molecule has 0 radical (unpaired) electrons. The summed E-state index contributed by atoms with van der Waals surface area (Å²) in [6, 6.07) is -0.372. The SMILES string of the molecule is CNC(=O)N(CCCO)C1(CCC(F)(F)F)CC1. The highest BCUT2D eigenvalue weighted by Gasteiger charge is 2.51. The summed E-state index contributed by atoms with van der Waals surface area (Å²) < 4.78 is 36.8. The third-order valence-electron chi connectivity index (χ3n) is 3.27. The molecule has 0 bridgehead atoms. The Balaban J connectivity index is 2.62. The van der Waals surface area contributed by atoms with Gasteiger partial charge in [0.25, 0.3) is 0 Å². The van der Waals surface area contributed by atoms with Gasteiger partial charge >= 0.3 is 12.2 Å². The molecule has 0 aromatic rings. The molecule has 1 aliphatic rings. The summed E-state index contributed by atoms with van der Waals surface area (Å²) in [4.78, 5) is 13.1. The third-order valence-corrected chi connectivity index (χ3v) is 3.27. The maximum Gasteiger partial charge on any atom is 0.389 e. The minimum Gasteiger partial charge on any atom is -0.396 e. The van der Waals surface area contributed by atoms with Gasteiger partial charge in [-0.25, -0.2) is 4.79 Å². The normalized spacial score (nSPS) is 17.4. The fourth-order valence-corrected chi connectivity index (χ4v) is 2.09. The molecule has 0 atom stereocenters. The highest BCUT2D eigenvalue weighted by atomic mass is 19.4. The molecule has 7 heteroatoms. The van der Waals surface area contributed by atoms with Gasteiger partial charge in [-0.1, -0.05) is 0 Å². The minimum absolute atomic E-state index is 0.0602. The van der Waals surface area contributed by atoms with Gasteiger partial charge in [-0.05, 0) is 25.7 Å². The maximum atomic E-state index is 12.3. The van der Waals surface area contributed by atoms with E-state index in [0.29, 0.717) is 19.3 Å². The third kappa shape index (κ3) is 4.04. The molecule has 2 N–H and O–H groups in total. The number of alkyl halides is 3. The average Bonchev–Trinajstić information content (AvgIpc) is 3.07. The Hall–Kier alpha value is -0.980. The van der Waals surface area contributed by atoms with Crippen LogP contribution in [0.15, 0.2) is 0 Å². The molecule has 4 nitrogen and oxygen atoms in total. The Kier molecular flexibility index (Phi) is 4.84. The van der Waals surface area contributed by atoms with Gasteiger partial charge in [0, 0.05) is 32.2 Å². The van der Waals surface area contributed by atoms with Gasteiger partial charge in [-0.2, -0.15) is 13.2 Å². The highest BCUT2D eigenvalue weighted by molar-refractivity contribution is 5.75. The van der Waals surface area contributed by atoms with Crippen molar-refractivity contribution in [2.45, 2.75) is 43.8 Å². The second-order valence-corrected chi connectivity index (χ2v) is 4.62. The lowest BCUT2D eigenvalue weighted by molar-refractivity contribution is -0.138. The monoisotopic (exact) mass is 268 g/mol. The van der Waals surface area contributed by atoms with Crippen LogP contribution in [0, 0.1) is 0 Å². The van der Waals surface area contributed by atoms with Crippen LogP contribution in [-0.4, -0.2) is 48.0 Å². The topological polar surface area (TPSA) is 52.6 Å². The highest BCUT2D eigenvalue weighted by Crippen LogP contribution is 2.47. The lowest BCUT2D eigenvalue weighted by Gasteiger charge is -2.32. The standard InChI is InChI=1S/C11H19F3N2O2/c1-15-9(18)16(7-2-8-17)10(3-4-10)5-6-11(12,13)14/h17H,2-8H2,1H3,(H,15,18). The molecule has 1 rings (SSSR count). The molecule has 106 valence electrons. The van der Waals surface area contributed by atoms with Gasteiger partial charge in [0.15, 0.2) is 0 Å². The van der Waals surface area contributed by atoms with Crippen molar-refractivity contribution >= 4 is 6.03 Å². The first-order valence-corrected chi connectivity index (χ1v) is 6.01. The van der Waals surface area contributed by atoms with E-state index in [4.69, 9.17) is 5.11 Å². The number of nitrogens with zero attached hydrogens (tertiary/aromatic N) is 1. The molecule has 1 aliphatic carbocycles. The number of nitrogens with one attached hydrogen (secondary N) is 1. The fraction of sp³-hybridized carbons (Fsp3) is 0.909. The molecule has 0 heterocycles. The Morgan fingerprint density at radius 2 is 2.06 bits per heavy atom. The number of halogens is 3. The molecule has 0 aromatic heterocycles. The molecule has 0 aliphatic heterocycles. The molecule has 1 fully saturated rings. The summed E-state index contributed by atoms with van der Waals surface area (Å²) in [6.45, 7) is 0.205. The summed E-state index contributed by atoms with van der Waals surface area (Å²) >= 11 is 0. The van der Waals surface area contributed by atoms with E-state index in [1.54, 1.807) is 0 Å². The number of amides is 2. The molecular formula is C11H19F3N2O2. The van der Waals surface area contributed by atoms with Crippen molar-refractivity contribution in [3.8, 4) is 0 Å². The van der Waals surface area contributed by atoms with Gasteiger partial charge in [-0.3, -0.25) is 0 Å². The molecule has 0 spiro atoms. The van der Waals surface area contributed by atoms with Crippen molar-refractivity contribution in [3.63, 3.8) is 0 Å². The van der Waals surface area contributed by atoms with Gasteiger partial charge in [0.2, 0.25) is 0 Å². The quantitative estimate of drug-likeness (QED) is 0.773. The maximum absolute atomic E-state index is 12.3. The van der Waals surface area contributed by atoms with E-state index in [0.717, 1.165) is 0 Å². The first kappa shape index (κ1) is 15.1. The summed E-state index contributed by atoms with van der Waals surface area (Å²) in [5, 5.41) is 11.2. The van der Waals surface area contributed by atoms with E-state index in [9.17, 15) is 18.0 Å². The lowest BCUT2D eigenvalue weighted by Crippen LogP contribution is -2.47. The minimum atomic E-state index is -4.19. The number of urea groups is 1. The smallest absolute Gasteiger partial charge is 0.389 e. The Labute approximate surface area is 104 Å². The zero-order valence-electron chi connectivity index (χ0n) is 10.4. The van der Waals surface area contributed by atoms with Crippen LogP contribution in [-0.2, 0) is 0 Å². The number of carbonyl (C=O) groups excluding carboxylic acids is 1. The zero-order valence-corrected chi connectivity index (χ0v) is 10.4. The van der Waals surface area contributed by atoms with Gasteiger partial charge in [0.1, 0.15) is 0 Å². The van der Waals surface area contributed by atoms with Crippen LogP contribution in [0.25, 0.3) is 0 Å². The lowest BCUT2D eigenvalue weighted by atomic mass is 10.1. The molecule has 0 saturated heterocycles. The fourth-order valence-electron chi connectivity index (χ4n) is 2.09. The molecule has 0 unspecified atom stereocenters. The first-order chi connectivity index (χ1) is 8.34. The van der Waals surface area contributed by atoms with E-state index in [-0.39, 0.29) is 25.6 Å². The second kappa shape index (κ2) is 5.77. The number of rotatable bonds is 6. The molecule has 18 heavy (non-hydrogen) atoms. The van der Waals surface area contributed by atoms with Crippen LogP contribution >= 0.6 is 0 Å². The predicted octanol–water partition coefficient (Wildman–Crippen LogP) is 1.89. The van der Waals surface area contributed by atoms with E-state index in [1.165, 1.54) is 11.9 Å². The van der Waals surface area contributed by atoms with Crippen LogP contribution in [0.1, 0.15) is 32.1 Å². The van der Waals surface area contributed by atoms with Gasteiger partial charge in [-0.15, -0.1) is 0 Å². The molecule has 0 aromatic carbocycles. The Morgan fingerprint density at radius 3 is 2.44 bits per heavy atom. The number of aliphatic hydroxyl groups is 1. The summed E-state index contributed by atoms with van der Waals surface area (Å²) in [7, 11) is 1.45. The number of hydrogen-bond donors (Lipinski definition) is 2. The van der Waals surface area contributed by atoms with Crippen LogP contribution in [0.2, 0.25) is 0 Å². The van der Waals surface area contributed by atoms with E-state index < -0.39 is 18.1 Å². The van der Waals surface area contributed by atoms with Crippen molar-refractivity contribution in [1.29, 1.82) is 0 Å². The average molecular weight is 268 g/mol. The van der Waals surface area contributed by atoms with Crippen LogP contribution < -0.4 is 5.32 Å². The summed E-state index contributed by atoms with van der Waals surface area (Å²) in [5.41, 5.74) is -0.662. The van der Waals surface area contributed by atoms with Crippen LogP contribution in [0.5, 0.6) is 0 Å². The Bertz CT molecular complexity index is 291. The zero-order chi connectivity index (χ0) is 13.8. The largest absolute Gasteiger partial charge is 0.396 e. The summed E-state index contributed by atoms with van der Waals surface area (Å²) in [5.74, 6) is 0. The van der Waals surface area contributed by atoms with Crippen molar-refractivity contribution < 1.29 is 23.1 Å². The number of carbonyl (C=O) groups is 1. The van der Waals surface area contributed by atoms with Crippen molar-refractivity contribution in [3.05, 3.63) is 0 Å². The molecule has 2 amide bonds. The van der Waals surface area contributed by atoms with Crippen LogP contribution in [0.3, 0.4) is 0 Å². The van der Waals surface area contributed by atoms with Crippen molar-refractivity contribution in [2.24, 2.45) is 0 Å². The van der Waals surface area contributed by atoms with Gasteiger partial charge < -0.3 is 15.3 Å². The number of aliphatic hydroxyl groups excluding tert-OH is 1. The van der Waals surface area contributed by atoms with Gasteiger partial charge in [0.05, 0.1) is 0 Å². The van der Waals surface area contributed by atoms with Crippen molar-refractivity contribution in [2.75, 3.05) is 20.2 Å². The molecule has 1 saturated carbocycles. The summed E-state index contributed by atoms with van der Waals surface area (Å²) in [6.07, 6.45) is -3.55. The van der Waals surface area contributed by atoms with E-state index in [2.05, 4.69) is 5.32 Å². The van der Waals surface area contributed by atoms with Crippen molar-refractivity contribution in [1.82, 2.24) is 10.2 Å². The Morgan fingerprint density at radius 1 is 1.44 bits per heavy atom. The number of hydrogen-bond acceptors (Lipinski definition) is 2. The van der Waals surface area contributed by atoms with E-state index in [1.807, 2.05) is 0 Å². The molecular weight excluding hydrogens is 249 g/mol. The first-order valence-electron chi connectivity index (χ1n) is 6.01. The predicted molar refractivity (Wildman–Crippen MR) is 60.1 cm³/mol.